The number of hydrogen-bond acceptors (Lipinski definition) is 4. The predicted octanol–water partition coefficient (Wildman–Crippen LogP) is 2.22. The monoisotopic (exact) mass is 290 g/mol. The minimum absolute atomic E-state index is 0.0896. The van der Waals surface area contributed by atoms with Crippen molar-refractivity contribution in [1.29, 1.82) is 0 Å². The van der Waals surface area contributed by atoms with Crippen LogP contribution < -0.4 is 9.47 Å². The first-order valence-electron chi connectivity index (χ1n) is 6.54. The number of aromatic nitrogens is 2. The van der Waals surface area contributed by atoms with Gasteiger partial charge >= 0.3 is 5.97 Å². The van der Waals surface area contributed by atoms with E-state index in [4.69, 9.17) is 14.6 Å². The maximum Gasteiger partial charge on any atom is 0.303 e. The molecule has 2 rings (SSSR count). The minimum Gasteiger partial charge on any atom is -0.497 e. The van der Waals surface area contributed by atoms with Gasteiger partial charge in [-0.3, -0.25) is 4.79 Å². The fourth-order valence-corrected chi connectivity index (χ4v) is 2.13. The van der Waals surface area contributed by atoms with Crippen LogP contribution in [-0.2, 0) is 11.2 Å². The lowest BCUT2D eigenvalue weighted by molar-refractivity contribution is -0.136. The lowest BCUT2D eigenvalue weighted by atomic mass is 10.1. The summed E-state index contributed by atoms with van der Waals surface area (Å²) in [5.74, 6) is 0.529. The Morgan fingerprint density at radius 1 is 1.33 bits per heavy atom. The van der Waals surface area contributed by atoms with Crippen molar-refractivity contribution in [3.63, 3.8) is 0 Å². The van der Waals surface area contributed by atoms with Crippen LogP contribution >= 0.6 is 0 Å². The molecular weight excluding hydrogens is 272 g/mol. The molecule has 0 saturated heterocycles. The van der Waals surface area contributed by atoms with Gasteiger partial charge in [-0.05, 0) is 31.0 Å². The molecule has 6 nitrogen and oxygen atoms in total. The molecule has 0 saturated carbocycles. The van der Waals surface area contributed by atoms with Gasteiger partial charge in [0, 0.05) is 18.2 Å². The van der Waals surface area contributed by atoms with Gasteiger partial charge in [0.05, 0.1) is 20.4 Å². The number of methoxy groups -OCH3 is 2. The summed E-state index contributed by atoms with van der Waals surface area (Å²) in [5, 5.41) is 13.1. The molecule has 0 aliphatic rings. The van der Waals surface area contributed by atoms with Crippen molar-refractivity contribution in [3.05, 3.63) is 35.7 Å². The van der Waals surface area contributed by atoms with E-state index in [2.05, 4.69) is 5.10 Å². The minimum atomic E-state index is -0.816. The van der Waals surface area contributed by atoms with Gasteiger partial charge in [0.1, 0.15) is 17.2 Å². The second-order valence-corrected chi connectivity index (χ2v) is 4.60. The van der Waals surface area contributed by atoms with E-state index >= 15 is 0 Å². The van der Waals surface area contributed by atoms with E-state index in [9.17, 15) is 4.79 Å². The fraction of sp³-hybridized carbons (Fsp3) is 0.333. The first kappa shape index (κ1) is 14.9. The first-order valence-corrected chi connectivity index (χ1v) is 6.54. The third kappa shape index (κ3) is 3.16. The molecule has 1 heterocycles. The van der Waals surface area contributed by atoms with Gasteiger partial charge in [-0.2, -0.15) is 5.10 Å². The summed E-state index contributed by atoms with van der Waals surface area (Å²) in [6.45, 7) is 1.91. The Balaban J connectivity index is 2.36. The molecular formula is C15H18N2O4. The number of aryl methyl sites for hydroxylation is 1. The number of carboxylic acids is 1. The van der Waals surface area contributed by atoms with E-state index in [-0.39, 0.29) is 6.42 Å². The van der Waals surface area contributed by atoms with Crippen LogP contribution in [0.5, 0.6) is 11.5 Å². The van der Waals surface area contributed by atoms with Gasteiger partial charge in [-0.1, -0.05) is 0 Å². The zero-order chi connectivity index (χ0) is 15.4. The molecule has 21 heavy (non-hydrogen) atoms. The van der Waals surface area contributed by atoms with E-state index in [1.54, 1.807) is 31.2 Å². The van der Waals surface area contributed by atoms with Crippen molar-refractivity contribution in [1.82, 2.24) is 9.78 Å². The highest BCUT2D eigenvalue weighted by molar-refractivity contribution is 5.67. The van der Waals surface area contributed by atoms with Crippen molar-refractivity contribution >= 4 is 5.97 Å². The topological polar surface area (TPSA) is 73.6 Å². The van der Waals surface area contributed by atoms with Crippen LogP contribution in [0.4, 0.5) is 0 Å². The largest absolute Gasteiger partial charge is 0.497 e. The number of carboxylic acid groups (broad SMARTS) is 1. The Labute approximate surface area is 122 Å². The van der Waals surface area contributed by atoms with E-state index in [0.29, 0.717) is 17.9 Å². The first-order chi connectivity index (χ1) is 10.1. The number of ether oxygens (including phenoxy) is 2. The van der Waals surface area contributed by atoms with Crippen molar-refractivity contribution in [2.45, 2.75) is 19.8 Å². The van der Waals surface area contributed by atoms with E-state index in [1.807, 2.05) is 19.1 Å². The van der Waals surface area contributed by atoms with Crippen LogP contribution in [0, 0.1) is 6.92 Å². The van der Waals surface area contributed by atoms with Gasteiger partial charge < -0.3 is 14.6 Å². The molecule has 112 valence electrons. The number of nitrogens with zero attached hydrogens (tertiary/aromatic N) is 2. The third-order valence-electron chi connectivity index (χ3n) is 3.33. The van der Waals surface area contributed by atoms with Gasteiger partial charge in [-0.15, -0.1) is 0 Å². The summed E-state index contributed by atoms with van der Waals surface area (Å²) in [7, 11) is 3.18. The summed E-state index contributed by atoms with van der Waals surface area (Å²) in [6, 6.07) is 5.47. The fourth-order valence-electron chi connectivity index (χ4n) is 2.13. The Hall–Kier alpha value is -2.50. The SMILES string of the molecule is COc1ccc(-n2ncc(CCC(=O)O)c2C)c(OC)c1. The summed E-state index contributed by atoms with van der Waals surface area (Å²) < 4.78 is 12.3. The summed E-state index contributed by atoms with van der Waals surface area (Å²) in [6.07, 6.45) is 2.24. The van der Waals surface area contributed by atoms with Crippen LogP contribution in [0.15, 0.2) is 24.4 Å². The second kappa shape index (κ2) is 6.30. The van der Waals surface area contributed by atoms with Gasteiger partial charge in [-0.25, -0.2) is 4.68 Å². The summed E-state index contributed by atoms with van der Waals surface area (Å²) >= 11 is 0. The van der Waals surface area contributed by atoms with E-state index < -0.39 is 5.97 Å². The normalized spacial score (nSPS) is 10.4. The second-order valence-electron chi connectivity index (χ2n) is 4.60. The van der Waals surface area contributed by atoms with Crippen molar-refractivity contribution in [2.75, 3.05) is 14.2 Å². The molecule has 1 aromatic carbocycles. The molecule has 0 radical (unpaired) electrons. The molecule has 0 spiro atoms. The highest BCUT2D eigenvalue weighted by Crippen LogP contribution is 2.29. The van der Waals surface area contributed by atoms with Crippen molar-refractivity contribution < 1.29 is 19.4 Å². The Kier molecular flexibility index (Phi) is 4.47. The lowest BCUT2D eigenvalue weighted by Crippen LogP contribution is -2.03. The molecule has 0 amide bonds. The molecule has 0 aliphatic carbocycles. The molecule has 2 aromatic rings. The van der Waals surface area contributed by atoms with Crippen molar-refractivity contribution in [3.8, 4) is 17.2 Å². The quantitative estimate of drug-likeness (QED) is 0.883. The lowest BCUT2D eigenvalue weighted by Gasteiger charge is -2.12. The number of carbonyl (C=O) groups is 1. The average Bonchev–Trinajstić information content (AvgIpc) is 2.85. The van der Waals surface area contributed by atoms with E-state index in [1.165, 1.54) is 0 Å². The molecule has 0 bridgehead atoms. The Morgan fingerprint density at radius 3 is 2.71 bits per heavy atom. The van der Waals surface area contributed by atoms with Crippen LogP contribution in [-0.4, -0.2) is 35.1 Å². The number of benzene rings is 1. The standard InChI is InChI=1S/C15H18N2O4/c1-10-11(4-7-15(18)19)9-16-17(10)13-6-5-12(20-2)8-14(13)21-3/h5-6,8-9H,4,7H2,1-3H3,(H,18,19). The Morgan fingerprint density at radius 2 is 2.10 bits per heavy atom. The molecule has 1 aromatic heterocycles. The summed E-state index contributed by atoms with van der Waals surface area (Å²) in [4.78, 5) is 10.7. The Bertz CT molecular complexity index is 649. The maximum absolute atomic E-state index is 10.7. The molecule has 0 fully saturated rings. The maximum atomic E-state index is 10.7. The number of hydrogen-bond donors (Lipinski definition) is 1. The van der Waals surface area contributed by atoms with Crippen LogP contribution in [0.25, 0.3) is 5.69 Å². The van der Waals surface area contributed by atoms with Crippen LogP contribution in [0.3, 0.4) is 0 Å². The van der Waals surface area contributed by atoms with Gasteiger partial charge in [0.25, 0.3) is 0 Å². The molecule has 6 heteroatoms. The van der Waals surface area contributed by atoms with Crippen LogP contribution in [0.2, 0.25) is 0 Å². The molecule has 0 aliphatic heterocycles. The smallest absolute Gasteiger partial charge is 0.303 e. The highest BCUT2D eigenvalue weighted by atomic mass is 16.5. The van der Waals surface area contributed by atoms with Crippen molar-refractivity contribution in [2.24, 2.45) is 0 Å². The molecule has 0 unspecified atom stereocenters. The third-order valence-corrected chi connectivity index (χ3v) is 3.33. The highest BCUT2D eigenvalue weighted by Gasteiger charge is 2.13. The average molecular weight is 290 g/mol. The van der Waals surface area contributed by atoms with E-state index in [0.717, 1.165) is 16.9 Å². The number of rotatable bonds is 6. The predicted molar refractivity (Wildman–Crippen MR) is 77.4 cm³/mol. The van der Waals surface area contributed by atoms with Gasteiger partial charge in [0.15, 0.2) is 0 Å². The zero-order valence-corrected chi connectivity index (χ0v) is 12.3. The van der Waals surface area contributed by atoms with Gasteiger partial charge in [0.2, 0.25) is 0 Å². The number of aliphatic carboxylic acids is 1. The molecule has 0 atom stereocenters. The summed E-state index contributed by atoms with van der Waals surface area (Å²) in [5.41, 5.74) is 2.60. The zero-order valence-electron chi connectivity index (χ0n) is 12.3. The van der Waals surface area contributed by atoms with Crippen LogP contribution in [0.1, 0.15) is 17.7 Å². The molecule has 1 N–H and O–H groups in total.